The summed E-state index contributed by atoms with van der Waals surface area (Å²) in [4.78, 5) is 15.0. The number of benzene rings is 8. The number of hydrogen-bond acceptors (Lipinski definition) is 4. The zero-order valence-corrected chi connectivity index (χ0v) is 29.6. The molecule has 0 fully saturated rings. The molecule has 0 saturated carbocycles. The van der Waals surface area contributed by atoms with Crippen LogP contribution in [0.25, 0.3) is 110 Å². The molecule has 0 aliphatic carbocycles. The predicted octanol–water partition coefficient (Wildman–Crippen LogP) is 13.6. The molecule has 4 nitrogen and oxygen atoms in total. The standard InChI is InChI=1S/C51H31N3O/c1-6-17-44(37(11-1)36-10-9-27-52-31-36)51-53-47(33-21-19-32(20-22-33)34-24-26-50-46(28-34)43-16-7-8-18-49(43)55-50)30-48(54-51)35-23-25-42-40-14-3-2-12-38(40)39-13-4-5-15-41(39)45(42)29-35/h1-31H. The first-order chi connectivity index (χ1) is 27.2. The van der Waals surface area contributed by atoms with E-state index in [0.717, 1.165) is 72.3 Å². The summed E-state index contributed by atoms with van der Waals surface area (Å²) in [6.07, 6.45) is 3.69. The molecule has 256 valence electrons. The van der Waals surface area contributed by atoms with E-state index in [2.05, 4.69) is 157 Å². The van der Waals surface area contributed by atoms with Gasteiger partial charge in [0, 0.05) is 45.4 Å². The van der Waals surface area contributed by atoms with Crippen molar-refractivity contribution in [3.8, 4) is 56.2 Å². The number of fused-ring (bicyclic) bond motifs is 9. The normalized spacial score (nSPS) is 11.6. The summed E-state index contributed by atoms with van der Waals surface area (Å²) < 4.78 is 6.10. The van der Waals surface area contributed by atoms with Gasteiger partial charge in [0.25, 0.3) is 0 Å². The molecule has 0 spiro atoms. The van der Waals surface area contributed by atoms with Crippen molar-refractivity contribution in [1.29, 1.82) is 0 Å². The van der Waals surface area contributed by atoms with E-state index in [0.29, 0.717) is 5.82 Å². The van der Waals surface area contributed by atoms with Gasteiger partial charge in [0.05, 0.1) is 11.4 Å². The molecule has 0 radical (unpaired) electrons. The largest absolute Gasteiger partial charge is 0.456 e. The summed E-state index contributed by atoms with van der Waals surface area (Å²) in [6, 6.07) is 61.9. The Morgan fingerprint density at radius 1 is 0.327 bits per heavy atom. The van der Waals surface area contributed by atoms with Gasteiger partial charge < -0.3 is 4.42 Å². The van der Waals surface area contributed by atoms with Crippen molar-refractivity contribution in [3.63, 3.8) is 0 Å². The Labute approximate surface area is 317 Å². The second kappa shape index (κ2) is 12.6. The average Bonchev–Trinajstić information content (AvgIpc) is 3.64. The molecular formula is C51H31N3O. The highest BCUT2D eigenvalue weighted by Crippen LogP contribution is 2.39. The Hall–Kier alpha value is -7.43. The lowest BCUT2D eigenvalue weighted by molar-refractivity contribution is 0.669. The SMILES string of the molecule is c1cncc(-c2ccccc2-c2nc(-c3ccc(-c4ccc5oc6ccccc6c5c4)cc3)cc(-c3ccc4c5ccccc5c5ccccc5c4c3)n2)c1. The van der Waals surface area contributed by atoms with Crippen molar-refractivity contribution in [2.75, 3.05) is 0 Å². The lowest BCUT2D eigenvalue weighted by Gasteiger charge is -2.14. The molecule has 4 heteroatoms. The van der Waals surface area contributed by atoms with Gasteiger partial charge in [0.1, 0.15) is 11.2 Å². The van der Waals surface area contributed by atoms with E-state index in [4.69, 9.17) is 14.4 Å². The van der Waals surface area contributed by atoms with Crippen LogP contribution < -0.4 is 0 Å². The molecule has 0 bridgehead atoms. The first-order valence-electron chi connectivity index (χ1n) is 18.5. The van der Waals surface area contributed by atoms with Crippen LogP contribution in [-0.2, 0) is 0 Å². The third-order valence-corrected chi connectivity index (χ3v) is 10.8. The highest BCUT2D eigenvalue weighted by atomic mass is 16.3. The van der Waals surface area contributed by atoms with E-state index in [9.17, 15) is 0 Å². The number of para-hydroxylation sites is 1. The molecule has 0 aliphatic heterocycles. The molecule has 11 rings (SSSR count). The van der Waals surface area contributed by atoms with E-state index >= 15 is 0 Å². The maximum absolute atomic E-state index is 6.10. The van der Waals surface area contributed by atoms with Crippen LogP contribution in [0.3, 0.4) is 0 Å². The van der Waals surface area contributed by atoms with Gasteiger partial charge in [-0.25, -0.2) is 9.97 Å². The zero-order chi connectivity index (χ0) is 36.3. The second-order valence-corrected chi connectivity index (χ2v) is 14.0. The molecule has 55 heavy (non-hydrogen) atoms. The molecule has 8 aromatic carbocycles. The number of furan rings is 1. The summed E-state index contributed by atoms with van der Waals surface area (Å²) in [7, 11) is 0. The quantitative estimate of drug-likeness (QED) is 0.168. The lowest BCUT2D eigenvalue weighted by atomic mass is 9.92. The molecule has 0 saturated heterocycles. The maximum Gasteiger partial charge on any atom is 0.161 e. The molecule has 0 N–H and O–H groups in total. The second-order valence-electron chi connectivity index (χ2n) is 14.0. The van der Waals surface area contributed by atoms with Crippen LogP contribution in [0.4, 0.5) is 0 Å². The van der Waals surface area contributed by atoms with E-state index < -0.39 is 0 Å². The average molecular weight is 702 g/mol. The van der Waals surface area contributed by atoms with Crippen LogP contribution in [0.1, 0.15) is 0 Å². The van der Waals surface area contributed by atoms with Gasteiger partial charge in [-0.05, 0) is 85.4 Å². The van der Waals surface area contributed by atoms with Gasteiger partial charge in [-0.15, -0.1) is 0 Å². The van der Waals surface area contributed by atoms with Crippen molar-refractivity contribution in [2.24, 2.45) is 0 Å². The number of pyridine rings is 1. The fourth-order valence-corrected chi connectivity index (χ4v) is 8.12. The van der Waals surface area contributed by atoms with Crippen LogP contribution >= 0.6 is 0 Å². The van der Waals surface area contributed by atoms with E-state index in [1.54, 1.807) is 6.20 Å². The Morgan fingerprint density at radius 3 is 1.60 bits per heavy atom. The summed E-state index contributed by atoms with van der Waals surface area (Å²) in [5, 5.41) is 9.66. The monoisotopic (exact) mass is 701 g/mol. The third-order valence-electron chi connectivity index (χ3n) is 10.8. The molecule has 11 aromatic rings. The Kier molecular flexibility index (Phi) is 7.14. The first kappa shape index (κ1) is 31.1. The number of hydrogen-bond donors (Lipinski definition) is 0. The summed E-state index contributed by atoms with van der Waals surface area (Å²) in [6.45, 7) is 0. The zero-order valence-electron chi connectivity index (χ0n) is 29.6. The summed E-state index contributed by atoms with van der Waals surface area (Å²) >= 11 is 0. The fraction of sp³-hybridized carbons (Fsp3) is 0. The minimum Gasteiger partial charge on any atom is -0.456 e. The maximum atomic E-state index is 6.10. The Bertz CT molecular complexity index is 3220. The van der Waals surface area contributed by atoms with Crippen molar-refractivity contribution in [1.82, 2.24) is 15.0 Å². The molecule has 3 aromatic heterocycles. The Morgan fingerprint density at radius 2 is 0.873 bits per heavy atom. The fourth-order valence-electron chi connectivity index (χ4n) is 8.12. The molecule has 0 amide bonds. The van der Waals surface area contributed by atoms with E-state index in [1.807, 2.05) is 30.5 Å². The topological polar surface area (TPSA) is 51.8 Å². The highest BCUT2D eigenvalue weighted by molar-refractivity contribution is 6.25. The Balaban J connectivity index is 1.08. The van der Waals surface area contributed by atoms with Crippen LogP contribution in [0.15, 0.2) is 193 Å². The molecule has 0 unspecified atom stereocenters. The van der Waals surface area contributed by atoms with Crippen molar-refractivity contribution in [2.45, 2.75) is 0 Å². The smallest absolute Gasteiger partial charge is 0.161 e. The van der Waals surface area contributed by atoms with Crippen molar-refractivity contribution in [3.05, 3.63) is 188 Å². The van der Waals surface area contributed by atoms with E-state index in [-0.39, 0.29) is 0 Å². The molecule has 0 aliphatic rings. The van der Waals surface area contributed by atoms with Crippen LogP contribution in [0.2, 0.25) is 0 Å². The minimum atomic E-state index is 0.664. The van der Waals surface area contributed by atoms with E-state index in [1.165, 1.54) is 32.3 Å². The van der Waals surface area contributed by atoms with Gasteiger partial charge in [-0.2, -0.15) is 0 Å². The molecule has 3 heterocycles. The number of rotatable bonds is 5. The summed E-state index contributed by atoms with van der Waals surface area (Å²) in [5.41, 5.74) is 10.8. The molecule has 0 atom stereocenters. The number of aromatic nitrogens is 3. The van der Waals surface area contributed by atoms with Gasteiger partial charge in [-0.1, -0.05) is 140 Å². The van der Waals surface area contributed by atoms with Crippen LogP contribution in [0, 0.1) is 0 Å². The summed E-state index contributed by atoms with van der Waals surface area (Å²) in [5.74, 6) is 0.664. The lowest BCUT2D eigenvalue weighted by Crippen LogP contribution is -1.98. The molecular weight excluding hydrogens is 671 g/mol. The number of nitrogens with zero attached hydrogens (tertiary/aromatic N) is 3. The van der Waals surface area contributed by atoms with Crippen LogP contribution in [-0.4, -0.2) is 15.0 Å². The van der Waals surface area contributed by atoms with Crippen molar-refractivity contribution < 1.29 is 4.42 Å². The van der Waals surface area contributed by atoms with Crippen molar-refractivity contribution >= 4 is 54.3 Å². The highest BCUT2D eigenvalue weighted by Gasteiger charge is 2.17. The van der Waals surface area contributed by atoms with Gasteiger partial charge in [0.2, 0.25) is 0 Å². The van der Waals surface area contributed by atoms with Gasteiger partial charge in [0.15, 0.2) is 5.82 Å². The van der Waals surface area contributed by atoms with Gasteiger partial charge in [-0.3, -0.25) is 4.98 Å². The third kappa shape index (κ3) is 5.26. The minimum absolute atomic E-state index is 0.664. The predicted molar refractivity (Wildman–Crippen MR) is 227 cm³/mol. The van der Waals surface area contributed by atoms with Crippen LogP contribution in [0.5, 0.6) is 0 Å². The van der Waals surface area contributed by atoms with Gasteiger partial charge >= 0.3 is 0 Å². The first-order valence-corrected chi connectivity index (χ1v) is 18.5.